The molecule has 0 amide bonds. The van der Waals surface area contributed by atoms with E-state index in [1.165, 1.54) is 0 Å². The predicted octanol–water partition coefficient (Wildman–Crippen LogP) is 2.54. The molecule has 2 aliphatic rings. The Morgan fingerprint density at radius 3 is 2.32 bits per heavy atom. The van der Waals surface area contributed by atoms with Gasteiger partial charge in [0.1, 0.15) is 5.52 Å². The van der Waals surface area contributed by atoms with Gasteiger partial charge in [0.2, 0.25) is 5.95 Å². The van der Waals surface area contributed by atoms with Crippen molar-refractivity contribution in [1.29, 1.82) is 0 Å². The molecule has 2 fully saturated rings. The maximum absolute atomic E-state index is 13.1. The van der Waals surface area contributed by atoms with Crippen LogP contribution in [0.2, 0.25) is 0 Å². The van der Waals surface area contributed by atoms with Crippen LogP contribution in [0.3, 0.4) is 0 Å². The number of morpholine rings is 1. The van der Waals surface area contributed by atoms with Gasteiger partial charge in [0, 0.05) is 19.0 Å². The highest BCUT2D eigenvalue weighted by atomic mass is 19.4. The zero-order valence-electron chi connectivity index (χ0n) is 14.0. The molecule has 2 atom stereocenters. The average molecular weight is 353 g/mol. The minimum atomic E-state index is -4.21. The topological polar surface area (TPSA) is 64.0 Å². The van der Waals surface area contributed by atoms with Crippen molar-refractivity contribution >= 4 is 17.1 Å². The number of hydrogen-bond donors (Lipinski definition) is 0. The minimum absolute atomic E-state index is 0.0484. The lowest BCUT2D eigenvalue weighted by Gasteiger charge is -2.27. The lowest BCUT2D eigenvalue weighted by molar-refractivity contribution is -0.148. The molecule has 2 aromatic rings. The van der Waals surface area contributed by atoms with Crippen molar-refractivity contribution in [2.45, 2.75) is 32.4 Å². The van der Waals surface area contributed by atoms with E-state index in [2.05, 4.69) is 19.9 Å². The summed E-state index contributed by atoms with van der Waals surface area (Å²) in [5.41, 5.74) is 2.51. The quantitative estimate of drug-likeness (QED) is 0.827. The summed E-state index contributed by atoms with van der Waals surface area (Å²) < 4.78 is 44.5. The third kappa shape index (κ3) is 3.01. The van der Waals surface area contributed by atoms with E-state index in [0.717, 1.165) is 0 Å². The second kappa shape index (κ2) is 5.76. The zero-order chi connectivity index (χ0) is 17.8. The highest BCUT2D eigenvalue weighted by molar-refractivity contribution is 5.75. The van der Waals surface area contributed by atoms with Crippen LogP contribution in [0.5, 0.6) is 0 Å². The molecule has 2 aromatic heterocycles. The molecule has 6 nitrogen and oxygen atoms in total. The van der Waals surface area contributed by atoms with Gasteiger partial charge < -0.3 is 9.64 Å². The lowest BCUT2D eigenvalue weighted by atomic mass is 10.2. The summed E-state index contributed by atoms with van der Waals surface area (Å²) in [7, 11) is 0. The molecule has 1 saturated heterocycles. The molecule has 0 N–H and O–H groups in total. The maximum atomic E-state index is 13.1. The minimum Gasteiger partial charge on any atom is -0.378 e. The first kappa shape index (κ1) is 16.4. The normalized spacial score (nSPS) is 24.0. The maximum Gasteiger partial charge on any atom is 0.392 e. The molecular formula is C16H18F3N5O. The van der Waals surface area contributed by atoms with Crippen LogP contribution in [0.4, 0.5) is 19.1 Å². The number of hydrogen-bond acceptors (Lipinski definition) is 6. The largest absolute Gasteiger partial charge is 0.392 e. The Hall–Kier alpha value is -2.03. The summed E-state index contributed by atoms with van der Waals surface area (Å²) in [6.45, 7) is 5.91. The monoisotopic (exact) mass is 353 g/mol. The van der Waals surface area contributed by atoms with Gasteiger partial charge in [-0.05, 0) is 20.3 Å². The van der Waals surface area contributed by atoms with Gasteiger partial charge in [-0.25, -0.2) is 15.0 Å². The second-order valence-electron chi connectivity index (χ2n) is 6.57. The summed E-state index contributed by atoms with van der Waals surface area (Å²) >= 11 is 0. The first-order valence-electron chi connectivity index (χ1n) is 8.27. The third-order valence-electron chi connectivity index (χ3n) is 4.81. The fourth-order valence-electron chi connectivity index (χ4n) is 3.14. The molecular weight excluding hydrogens is 335 g/mol. The Balaban J connectivity index is 1.82. The van der Waals surface area contributed by atoms with E-state index in [4.69, 9.17) is 4.74 Å². The second-order valence-corrected chi connectivity index (χ2v) is 6.57. The molecule has 1 aliphatic heterocycles. The molecule has 1 aliphatic carbocycles. The predicted molar refractivity (Wildman–Crippen MR) is 84.5 cm³/mol. The smallest absolute Gasteiger partial charge is 0.378 e. The summed E-state index contributed by atoms with van der Waals surface area (Å²) in [6.07, 6.45) is -4.17. The number of ether oxygens (including phenoxy) is 1. The van der Waals surface area contributed by atoms with E-state index in [-0.39, 0.29) is 6.42 Å². The van der Waals surface area contributed by atoms with Crippen LogP contribution in [0.15, 0.2) is 0 Å². The fourth-order valence-corrected chi connectivity index (χ4v) is 3.14. The van der Waals surface area contributed by atoms with Gasteiger partial charge in [-0.3, -0.25) is 0 Å². The molecule has 4 rings (SSSR count). The number of nitrogens with zero attached hydrogens (tertiary/aromatic N) is 5. The molecule has 134 valence electrons. The van der Waals surface area contributed by atoms with E-state index < -0.39 is 18.0 Å². The van der Waals surface area contributed by atoms with Gasteiger partial charge in [0.05, 0.1) is 36.2 Å². The number of rotatable bonds is 2. The van der Waals surface area contributed by atoms with Crippen LogP contribution >= 0.6 is 0 Å². The molecule has 9 heteroatoms. The van der Waals surface area contributed by atoms with E-state index in [1.54, 1.807) is 6.92 Å². The summed E-state index contributed by atoms with van der Waals surface area (Å²) in [4.78, 5) is 19.7. The highest BCUT2D eigenvalue weighted by Crippen LogP contribution is 2.56. The molecule has 0 unspecified atom stereocenters. The average Bonchev–Trinajstić information content (AvgIpc) is 3.37. The Bertz CT molecular complexity index is 820. The first-order valence-corrected chi connectivity index (χ1v) is 8.27. The first-order chi connectivity index (χ1) is 11.8. The lowest BCUT2D eigenvalue weighted by Crippen LogP contribution is -2.37. The zero-order valence-corrected chi connectivity index (χ0v) is 14.0. The van der Waals surface area contributed by atoms with Gasteiger partial charge in [-0.1, -0.05) is 0 Å². The van der Waals surface area contributed by atoms with Crippen LogP contribution in [-0.2, 0) is 4.74 Å². The van der Waals surface area contributed by atoms with Crippen molar-refractivity contribution in [3.05, 3.63) is 17.1 Å². The van der Waals surface area contributed by atoms with Gasteiger partial charge in [-0.2, -0.15) is 18.2 Å². The van der Waals surface area contributed by atoms with Crippen molar-refractivity contribution in [3.63, 3.8) is 0 Å². The number of alkyl halides is 3. The van der Waals surface area contributed by atoms with Crippen molar-refractivity contribution in [3.8, 4) is 0 Å². The van der Waals surface area contributed by atoms with Crippen molar-refractivity contribution in [1.82, 2.24) is 19.9 Å². The number of halogens is 3. The number of aromatic nitrogens is 4. The molecule has 0 spiro atoms. The Labute approximate surface area is 142 Å². The van der Waals surface area contributed by atoms with Crippen molar-refractivity contribution in [2.24, 2.45) is 5.92 Å². The number of aryl methyl sites for hydroxylation is 2. The Morgan fingerprint density at radius 2 is 1.68 bits per heavy atom. The van der Waals surface area contributed by atoms with Crippen LogP contribution in [0.25, 0.3) is 11.2 Å². The SMILES string of the molecule is Cc1nc2nc(N3CCOCC3)nc([C@@H]3C[C@@H]3C(F)(F)F)c2nc1C. The summed E-state index contributed by atoms with van der Waals surface area (Å²) in [5.74, 6) is -1.61. The van der Waals surface area contributed by atoms with Crippen LogP contribution in [-0.4, -0.2) is 52.4 Å². The summed E-state index contributed by atoms with van der Waals surface area (Å²) in [6, 6.07) is 0. The molecule has 3 heterocycles. The Kier molecular flexibility index (Phi) is 3.78. The van der Waals surface area contributed by atoms with Crippen molar-refractivity contribution < 1.29 is 17.9 Å². The Morgan fingerprint density at radius 1 is 1.00 bits per heavy atom. The van der Waals surface area contributed by atoms with E-state index in [9.17, 15) is 13.2 Å². The van der Waals surface area contributed by atoms with Crippen LogP contribution < -0.4 is 4.90 Å². The van der Waals surface area contributed by atoms with E-state index in [0.29, 0.717) is 60.5 Å². The number of anilines is 1. The van der Waals surface area contributed by atoms with Crippen LogP contribution in [0, 0.1) is 19.8 Å². The molecule has 25 heavy (non-hydrogen) atoms. The van der Waals surface area contributed by atoms with Crippen LogP contribution in [0.1, 0.15) is 29.4 Å². The van der Waals surface area contributed by atoms with Crippen molar-refractivity contribution in [2.75, 3.05) is 31.2 Å². The van der Waals surface area contributed by atoms with Gasteiger partial charge in [-0.15, -0.1) is 0 Å². The standard InChI is InChI=1S/C16H18F3N5O/c1-8-9(2)21-14-13(20-8)12(10-7-11(10)16(17,18)19)22-15(23-14)24-3-5-25-6-4-24/h10-11H,3-7H2,1-2H3/t10-,11+/m1/s1. The molecule has 1 saturated carbocycles. The van der Waals surface area contributed by atoms with Gasteiger partial charge in [0.25, 0.3) is 0 Å². The fraction of sp³-hybridized carbons (Fsp3) is 0.625. The van der Waals surface area contributed by atoms with Gasteiger partial charge in [0.15, 0.2) is 5.65 Å². The molecule has 0 radical (unpaired) electrons. The molecule has 0 bridgehead atoms. The van der Waals surface area contributed by atoms with Gasteiger partial charge >= 0.3 is 6.18 Å². The van der Waals surface area contributed by atoms with E-state index in [1.807, 2.05) is 11.8 Å². The third-order valence-corrected chi connectivity index (χ3v) is 4.81. The summed E-state index contributed by atoms with van der Waals surface area (Å²) in [5, 5.41) is 0. The van der Waals surface area contributed by atoms with E-state index >= 15 is 0 Å². The number of fused-ring (bicyclic) bond motifs is 1. The highest BCUT2D eigenvalue weighted by Gasteiger charge is 2.57. The molecule has 0 aromatic carbocycles.